The number of hydrogen-bond donors (Lipinski definition) is 1. The zero-order valence-electron chi connectivity index (χ0n) is 27.8. The van der Waals surface area contributed by atoms with E-state index in [9.17, 15) is 0 Å². The summed E-state index contributed by atoms with van der Waals surface area (Å²) in [5.74, 6) is 0.872. The summed E-state index contributed by atoms with van der Waals surface area (Å²) in [6.07, 6.45) is 0. The standard InChI is InChI=1S/C46H32N4/c1-46(2)34-22-9-6-19-31(34)39-42(46)40-32-20-7-12-25-37(32)50(30-18-14-15-28(27-30)45-47-35-23-10-11-24-36(35)48-45)44(40)41-33-21-8-13-26-38(33)49(43(39)41)29-16-4-3-5-17-29/h3-27H,1-2H3,(H,47,48). The molecular formula is C46H32N4. The van der Waals surface area contributed by atoms with Gasteiger partial charge in [-0.15, -0.1) is 0 Å². The topological polar surface area (TPSA) is 38.5 Å². The Kier molecular flexibility index (Phi) is 5.42. The molecule has 236 valence electrons. The highest BCUT2D eigenvalue weighted by Gasteiger charge is 2.41. The highest BCUT2D eigenvalue weighted by Crippen LogP contribution is 2.58. The minimum absolute atomic E-state index is 0.221. The van der Waals surface area contributed by atoms with Gasteiger partial charge in [0.1, 0.15) is 5.82 Å². The van der Waals surface area contributed by atoms with Gasteiger partial charge in [0, 0.05) is 49.5 Å². The average Bonchev–Trinajstić information content (AvgIpc) is 3.90. The lowest BCUT2D eigenvalue weighted by Gasteiger charge is -2.23. The molecular weight excluding hydrogens is 609 g/mol. The molecule has 0 atom stereocenters. The quantitative estimate of drug-likeness (QED) is 0.205. The number of aromatic nitrogens is 4. The molecule has 0 unspecified atom stereocenters. The number of nitrogens with zero attached hydrogens (tertiary/aromatic N) is 3. The Labute approximate surface area is 288 Å². The molecule has 50 heavy (non-hydrogen) atoms. The summed E-state index contributed by atoms with van der Waals surface area (Å²) in [4.78, 5) is 8.54. The maximum atomic E-state index is 4.98. The van der Waals surface area contributed by atoms with Crippen LogP contribution in [0.15, 0.2) is 152 Å². The fourth-order valence-corrected chi connectivity index (χ4v) is 8.95. The van der Waals surface area contributed by atoms with Crippen LogP contribution in [-0.4, -0.2) is 19.1 Å². The van der Waals surface area contributed by atoms with Crippen LogP contribution in [0.2, 0.25) is 0 Å². The van der Waals surface area contributed by atoms with Gasteiger partial charge < -0.3 is 14.1 Å². The predicted octanol–water partition coefficient (Wildman–Crippen LogP) is 11.7. The second-order valence-electron chi connectivity index (χ2n) is 14.1. The van der Waals surface area contributed by atoms with E-state index < -0.39 is 0 Å². The summed E-state index contributed by atoms with van der Waals surface area (Å²) in [5, 5.41) is 5.12. The van der Waals surface area contributed by atoms with Crippen molar-refractivity contribution in [2.24, 2.45) is 0 Å². The number of hydrogen-bond acceptors (Lipinski definition) is 1. The SMILES string of the molecule is CC1(C)c2ccccc2-c2c1c1c3ccccc3n(-c3cccc(-c4nc5ccccc5[nH]4)c3)c1c1c3ccccc3n(-c3ccccc3)c21. The molecule has 7 aromatic carbocycles. The number of rotatable bonds is 3. The summed E-state index contributed by atoms with van der Waals surface area (Å²) in [7, 11) is 0. The van der Waals surface area contributed by atoms with Gasteiger partial charge in [0.15, 0.2) is 0 Å². The zero-order chi connectivity index (χ0) is 33.1. The van der Waals surface area contributed by atoms with E-state index in [1.807, 2.05) is 12.1 Å². The van der Waals surface area contributed by atoms with Crippen LogP contribution in [0.4, 0.5) is 0 Å². The Balaban J connectivity index is 1.37. The molecule has 1 N–H and O–H groups in total. The molecule has 4 heteroatoms. The third-order valence-electron chi connectivity index (χ3n) is 11.0. The highest BCUT2D eigenvalue weighted by molar-refractivity contribution is 6.31. The molecule has 0 aliphatic heterocycles. The molecule has 4 nitrogen and oxygen atoms in total. The van der Waals surface area contributed by atoms with Crippen molar-refractivity contribution in [1.29, 1.82) is 0 Å². The average molecular weight is 641 g/mol. The van der Waals surface area contributed by atoms with E-state index in [0.717, 1.165) is 33.8 Å². The molecule has 3 aromatic heterocycles. The molecule has 10 aromatic rings. The summed E-state index contributed by atoms with van der Waals surface area (Å²) in [6.45, 7) is 4.82. The Morgan fingerprint density at radius 1 is 0.560 bits per heavy atom. The van der Waals surface area contributed by atoms with Crippen molar-refractivity contribution in [2.75, 3.05) is 0 Å². The molecule has 1 aliphatic rings. The lowest BCUT2D eigenvalue weighted by molar-refractivity contribution is 0.667. The van der Waals surface area contributed by atoms with Crippen molar-refractivity contribution in [2.45, 2.75) is 19.3 Å². The van der Waals surface area contributed by atoms with E-state index >= 15 is 0 Å². The van der Waals surface area contributed by atoms with Crippen molar-refractivity contribution < 1.29 is 0 Å². The van der Waals surface area contributed by atoms with Gasteiger partial charge in [-0.3, -0.25) is 0 Å². The van der Waals surface area contributed by atoms with Crippen molar-refractivity contribution >= 4 is 54.6 Å². The molecule has 0 bridgehead atoms. The van der Waals surface area contributed by atoms with E-state index in [1.54, 1.807) is 0 Å². The molecule has 1 aliphatic carbocycles. The van der Waals surface area contributed by atoms with Crippen molar-refractivity contribution in [3.63, 3.8) is 0 Å². The number of H-pyrrole nitrogens is 1. The minimum Gasteiger partial charge on any atom is -0.338 e. The second kappa shape index (κ2) is 9.83. The van der Waals surface area contributed by atoms with Gasteiger partial charge in [-0.2, -0.15) is 0 Å². The molecule has 0 amide bonds. The Hall–Kier alpha value is -6.39. The monoisotopic (exact) mass is 640 g/mol. The largest absolute Gasteiger partial charge is 0.338 e. The molecule has 0 saturated carbocycles. The third kappa shape index (κ3) is 3.52. The van der Waals surface area contributed by atoms with Gasteiger partial charge >= 0.3 is 0 Å². The lowest BCUT2D eigenvalue weighted by atomic mass is 9.80. The summed E-state index contributed by atoms with van der Waals surface area (Å²) in [5.41, 5.74) is 15.5. The van der Waals surface area contributed by atoms with Gasteiger partial charge in [-0.05, 0) is 65.2 Å². The first-order valence-corrected chi connectivity index (χ1v) is 17.3. The molecule has 0 radical (unpaired) electrons. The minimum atomic E-state index is -0.221. The second-order valence-corrected chi connectivity index (χ2v) is 14.1. The smallest absolute Gasteiger partial charge is 0.138 e. The van der Waals surface area contributed by atoms with Gasteiger partial charge in [0.05, 0.1) is 33.1 Å². The van der Waals surface area contributed by atoms with E-state index in [2.05, 4.69) is 167 Å². The number of fused-ring (bicyclic) bond motifs is 13. The maximum Gasteiger partial charge on any atom is 0.138 e. The van der Waals surface area contributed by atoms with E-state index in [4.69, 9.17) is 4.98 Å². The van der Waals surface area contributed by atoms with E-state index in [-0.39, 0.29) is 5.41 Å². The van der Waals surface area contributed by atoms with Gasteiger partial charge in [-0.1, -0.05) is 117 Å². The van der Waals surface area contributed by atoms with Crippen LogP contribution in [0.3, 0.4) is 0 Å². The van der Waals surface area contributed by atoms with Crippen LogP contribution >= 0.6 is 0 Å². The lowest BCUT2D eigenvalue weighted by Crippen LogP contribution is -2.15. The van der Waals surface area contributed by atoms with Crippen LogP contribution in [-0.2, 0) is 5.41 Å². The Morgan fingerprint density at radius 3 is 2.00 bits per heavy atom. The van der Waals surface area contributed by atoms with Crippen LogP contribution in [0.5, 0.6) is 0 Å². The zero-order valence-corrected chi connectivity index (χ0v) is 27.8. The number of para-hydroxylation sites is 5. The van der Waals surface area contributed by atoms with Crippen molar-refractivity contribution in [3.05, 3.63) is 163 Å². The van der Waals surface area contributed by atoms with Crippen molar-refractivity contribution in [1.82, 2.24) is 19.1 Å². The summed E-state index contributed by atoms with van der Waals surface area (Å²) in [6, 6.07) is 54.9. The Bertz CT molecular complexity index is 2970. The number of aromatic amines is 1. The van der Waals surface area contributed by atoms with Crippen LogP contribution in [0.25, 0.3) is 88.5 Å². The van der Waals surface area contributed by atoms with Gasteiger partial charge in [0.2, 0.25) is 0 Å². The Morgan fingerprint density at radius 2 is 1.20 bits per heavy atom. The number of benzene rings is 7. The summed E-state index contributed by atoms with van der Waals surface area (Å²) < 4.78 is 5.02. The first-order valence-electron chi connectivity index (χ1n) is 17.3. The number of imidazole rings is 1. The van der Waals surface area contributed by atoms with Gasteiger partial charge in [-0.25, -0.2) is 4.98 Å². The van der Waals surface area contributed by atoms with E-state index in [0.29, 0.717) is 0 Å². The first-order chi connectivity index (χ1) is 24.6. The van der Waals surface area contributed by atoms with Crippen molar-refractivity contribution in [3.8, 4) is 33.9 Å². The number of nitrogens with one attached hydrogen (secondary N) is 1. The molecule has 0 spiro atoms. The predicted molar refractivity (Wildman–Crippen MR) is 208 cm³/mol. The fourth-order valence-electron chi connectivity index (χ4n) is 8.95. The fraction of sp³-hybridized carbons (Fsp3) is 0.0652. The molecule has 0 fully saturated rings. The molecule has 0 saturated heterocycles. The van der Waals surface area contributed by atoms with Crippen LogP contribution in [0, 0.1) is 0 Å². The maximum absolute atomic E-state index is 4.98. The highest BCUT2D eigenvalue weighted by atomic mass is 15.0. The van der Waals surface area contributed by atoms with Gasteiger partial charge in [0.25, 0.3) is 0 Å². The first kappa shape index (κ1) is 27.5. The molecule has 11 rings (SSSR count). The normalized spacial score (nSPS) is 13.6. The molecule has 3 heterocycles. The van der Waals surface area contributed by atoms with Crippen LogP contribution < -0.4 is 0 Å². The third-order valence-corrected chi connectivity index (χ3v) is 11.0. The summed E-state index contributed by atoms with van der Waals surface area (Å²) >= 11 is 0. The van der Waals surface area contributed by atoms with Crippen LogP contribution in [0.1, 0.15) is 25.0 Å². The van der Waals surface area contributed by atoms with E-state index in [1.165, 1.54) is 65.9 Å².